The molecule has 0 aliphatic heterocycles. The van der Waals surface area contributed by atoms with Crippen molar-refractivity contribution in [2.24, 2.45) is 0 Å². The number of benzene rings is 3. The number of nitriles is 1. The molecule has 8 nitrogen and oxygen atoms in total. The molecule has 2 N–H and O–H groups in total. The summed E-state index contributed by atoms with van der Waals surface area (Å²) in [6.45, 7) is 4.67. The SMILES string of the molecule is CCOC(=O)Cc1cc(-c2ccccc2)n(-c2ccc3[nH]c(CNc4ccc(C#N)cc4)nc3c2C)n1. The second kappa shape index (κ2) is 10.4. The number of carbonyl (C=O) groups excluding carboxylic acids is 1. The fraction of sp³-hybridized carbons (Fsp3) is 0.172. The fourth-order valence-corrected chi connectivity index (χ4v) is 4.29. The molecule has 0 aliphatic carbocycles. The number of aromatic amines is 1. The minimum Gasteiger partial charge on any atom is -0.466 e. The third kappa shape index (κ3) is 5.07. The molecule has 37 heavy (non-hydrogen) atoms. The summed E-state index contributed by atoms with van der Waals surface area (Å²) in [4.78, 5) is 20.4. The lowest BCUT2D eigenvalue weighted by atomic mass is 10.1. The first-order valence-corrected chi connectivity index (χ1v) is 12.1. The van der Waals surface area contributed by atoms with Gasteiger partial charge in [-0.25, -0.2) is 9.67 Å². The van der Waals surface area contributed by atoms with Crippen molar-refractivity contribution < 1.29 is 9.53 Å². The highest BCUT2D eigenvalue weighted by Crippen LogP contribution is 2.29. The Morgan fingerprint density at radius 1 is 1.11 bits per heavy atom. The van der Waals surface area contributed by atoms with E-state index >= 15 is 0 Å². The van der Waals surface area contributed by atoms with E-state index in [1.54, 1.807) is 19.1 Å². The molecular weight excluding hydrogens is 464 g/mol. The number of hydrogen-bond acceptors (Lipinski definition) is 6. The number of H-pyrrole nitrogens is 1. The number of anilines is 1. The first-order chi connectivity index (χ1) is 18.1. The molecule has 0 radical (unpaired) electrons. The lowest BCUT2D eigenvalue weighted by Gasteiger charge is -2.11. The molecule has 0 amide bonds. The van der Waals surface area contributed by atoms with Gasteiger partial charge in [-0.15, -0.1) is 0 Å². The van der Waals surface area contributed by atoms with E-state index in [1.807, 2.05) is 72.3 Å². The van der Waals surface area contributed by atoms with Crippen LogP contribution in [0.1, 0.15) is 29.6 Å². The summed E-state index contributed by atoms with van der Waals surface area (Å²) in [6, 6.07) is 25.4. The minimum atomic E-state index is -0.300. The number of nitrogens with one attached hydrogen (secondary N) is 2. The van der Waals surface area contributed by atoms with Crippen molar-refractivity contribution in [2.75, 3.05) is 11.9 Å². The highest BCUT2D eigenvalue weighted by atomic mass is 16.5. The molecule has 0 spiro atoms. The maximum atomic E-state index is 12.1. The van der Waals surface area contributed by atoms with E-state index in [1.165, 1.54) is 0 Å². The van der Waals surface area contributed by atoms with Crippen molar-refractivity contribution in [3.8, 4) is 23.0 Å². The van der Waals surface area contributed by atoms with Gasteiger partial charge in [-0.2, -0.15) is 10.4 Å². The number of aryl methyl sites for hydroxylation is 1. The van der Waals surface area contributed by atoms with Crippen molar-refractivity contribution in [1.29, 1.82) is 5.26 Å². The minimum absolute atomic E-state index is 0.107. The van der Waals surface area contributed by atoms with Gasteiger partial charge in [0.15, 0.2) is 0 Å². The number of carbonyl (C=O) groups is 1. The Morgan fingerprint density at radius 2 is 1.89 bits per heavy atom. The van der Waals surface area contributed by atoms with Crippen LogP contribution in [0.2, 0.25) is 0 Å². The predicted molar refractivity (Wildman–Crippen MR) is 142 cm³/mol. The van der Waals surface area contributed by atoms with Gasteiger partial charge < -0.3 is 15.0 Å². The topological polar surface area (TPSA) is 109 Å². The summed E-state index contributed by atoms with van der Waals surface area (Å²) < 4.78 is 7.01. The molecule has 0 saturated heterocycles. The summed E-state index contributed by atoms with van der Waals surface area (Å²) in [7, 11) is 0. The van der Waals surface area contributed by atoms with Crippen molar-refractivity contribution in [3.63, 3.8) is 0 Å². The maximum Gasteiger partial charge on any atom is 0.311 e. The van der Waals surface area contributed by atoms with Crippen LogP contribution >= 0.6 is 0 Å². The van der Waals surface area contributed by atoms with Gasteiger partial charge in [0.1, 0.15) is 5.82 Å². The van der Waals surface area contributed by atoms with Gasteiger partial charge in [0.2, 0.25) is 0 Å². The maximum absolute atomic E-state index is 12.1. The largest absolute Gasteiger partial charge is 0.466 e. The van der Waals surface area contributed by atoms with E-state index in [-0.39, 0.29) is 12.4 Å². The molecule has 5 aromatic rings. The molecule has 0 bridgehead atoms. The Labute approximate surface area is 214 Å². The van der Waals surface area contributed by atoms with Crippen molar-refractivity contribution in [1.82, 2.24) is 19.7 Å². The molecule has 5 rings (SSSR count). The summed E-state index contributed by atoms with van der Waals surface area (Å²) >= 11 is 0. The Hall–Kier alpha value is -4.90. The van der Waals surface area contributed by atoms with E-state index < -0.39 is 0 Å². The molecule has 3 aromatic carbocycles. The van der Waals surface area contributed by atoms with Crippen LogP contribution in [-0.2, 0) is 22.5 Å². The first kappa shape index (κ1) is 23.8. The molecule has 184 valence electrons. The number of hydrogen-bond donors (Lipinski definition) is 2. The number of nitrogens with zero attached hydrogens (tertiary/aromatic N) is 4. The highest BCUT2D eigenvalue weighted by molar-refractivity contribution is 5.83. The molecular formula is C29H26N6O2. The second-order valence-corrected chi connectivity index (χ2v) is 8.61. The van der Waals surface area contributed by atoms with Gasteiger partial charge in [-0.05, 0) is 56.3 Å². The lowest BCUT2D eigenvalue weighted by molar-refractivity contribution is -0.142. The van der Waals surface area contributed by atoms with Crippen molar-refractivity contribution in [3.05, 3.63) is 95.4 Å². The van der Waals surface area contributed by atoms with E-state index in [0.717, 1.165) is 45.1 Å². The predicted octanol–water partition coefficient (Wildman–Crippen LogP) is 5.31. The fourth-order valence-electron chi connectivity index (χ4n) is 4.29. The van der Waals surface area contributed by atoms with E-state index in [0.29, 0.717) is 24.4 Å². The van der Waals surface area contributed by atoms with Gasteiger partial charge >= 0.3 is 5.97 Å². The van der Waals surface area contributed by atoms with Crippen LogP contribution < -0.4 is 5.32 Å². The number of esters is 1. The monoisotopic (exact) mass is 490 g/mol. The highest BCUT2D eigenvalue weighted by Gasteiger charge is 2.18. The van der Waals surface area contributed by atoms with E-state index in [9.17, 15) is 4.79 Å². The first-order valence-electron chi connectivity index (χ1n) is 12.1. The molecule has 0 saturated carbocycles. The average molecular weight is 491 g/mol. The zero-order chi connectivity index (χ0) is 25.8. The molecule has 2 heterocycles. The Morgan fingerprint density at radius 3 is 2.62 bits per heavy atom. The van der Waals surface area contributed by atoms with Crippen LogP contribution in [0.4, 0.5) is 5.69 Å². The van der Waals surface area contributed by atoms with Crippen molar-refractivity contribution in [2.45, 2.75) is 26.8 Å². The normalized spacial score (nSPS) is 10.8. The standard InChI is InChI=1S/C29H26N6O2/c1-3-37-28(36)16-23-15-26(21-7-5-4-6-8-21)35(34-23)25-14-13-24-29(19(25)2)33-27(32-24)18-31-22-11-9-20(17-30)10-12-22/h4-15,31H,3,16,18H2,1-2H3,(H,32,33). The number of imidazole rings is 1. The third-order valence-electron chi connectivity index (χ3n) is 6.09. The van der Waals surface area contributed by atoms with E-state index in [4.69, 9.17) is 20.1 Å². The van der Waals surface area contributed by atoms with Crippen LogP contribution in [0.15, 0.2) is 72.8 Å². The zero-order valence-corrected chi connectivity index (χ0v) is 20.7. The molecule has 2 aromatic heterocycles. The Kier molecular flexibility index (Phi) is 6.68. The number of rotatable bonds is 8. The van der Waals surface area contributed by atoms with Crippen LogP contribution in [-0.4, -0.2) is 32.3 Å². The molecule has 8 heteroatoms. The number of ether oxygens (including phenoxy) is 1. The summed E-state index contributed by atoms with van der Waals surface area (Å²) in [6.07, 6.45) is 0.107. The Balaban J connectivity index is 1.48. The number of aromatic nitrogens is 4. The van der Waals surface area contributed by atoms with Crippen molar-refractivity contribution >= 4 is 22.7 Å². The third-order valence-corrected chi connectivity index (χ3v) is 6.09. The average Bonchev–Trinajstić information content (AvgIpc) is 3.53. The van der Waals surface area contributed by atoms with E-state index in [2.05, 4.69) is 16.4 Å². The molecule has 0 fully saturated rings. The Bertz CT molecular complexity index is 1590. The van der Waals surface area contributed by atoms with Gasteiger partial charge in [0.25, 0.3) is 0 Å². The molecule has 0 aliphatic rings. The van der Waals surface area contributed by atoms with Crippen LogP contribution in [0.5, 0.6) is 0 Å². The summed E-state index contributed by atoms with van der Waals surface area (Å²) in [5.41, 5.74) is 7.71. The zero-order valence-electron chi connectivity index (χ0n) is 20.7. The van der Waals surface area contributed by atoms with Crippen LogP contribution in [0.3, 0.4) is 0 Å². The molecule has 0 atom stereocenters. The van der Waals surface area contributed by atoms with Gasteiger partial charge in [0, 0.05) is 16.8 Å². The lowest BCUT2D eigenvalue weighted by Crippen LogP contribution is -2.08. The number of fused-ring (bicyclic) bond motifs is 1. The van der Waals surface area contributed by atoms with Crippen LogP contribution in [0, 0.1) is 18.3 Å². The second-order valence-electron chi connectivity index (χ2n) is 8.61. The quantitative estimate of drug-likeness (QED) is 0.285. The van der Waals surface area contributed by atoms with Gasteiger partial charge in [0.05, 0.1) is 59.3 Å². The smallest absolute Gasteiger partial charge is 0.311 e. The summed E-state index contributed by atoms with van der Waals surface area (Å²) in [5.74, 6) is 0.497. The van der Waals surface area contributed by atoms with Crippen LogP contribution in [0.25, 0.3) is 28.0 Å². The van der Waals surface area contributed by atoms with Gasteiger partial charge in [-0.3, -0.25) is 4.79 Å². The van der Waals surface area contributed by atoms with Gasteiger partial charge in [-0.1, -0.05) is 30.3 Å². The summed E-state index contributed by atoms with van der Waals surface area (Å²) in [5, 5.41) is 17.1. The molecule has 0 unspecified atom stereocenters.